The topological polar surface area (TPSA) is 30.9 Å². The summed E-state index contributed by atoms with van der Waals surface area (Å²) < 4.78 is 2.34. The van der Waals surface area contributed by atoms with E-state index in [-0.39, 0.29) is 0 Å². The van der Waals surface area contributed by atoms with Gasteiger partial charge in [-0.15, -0.1) is 0 Å². The summed E-state index contributed by atoms with van der Waals surface area (Å²) in [4.78, 5) is 0. The van der Waals surface area contributed by atoms with Gasteiger partial charge in [-0.1, -0.05) is 109 Å². The van der Waals surface area contributed by atoms with E-state index in [9.17, 15) is 0 Å². The summed E-state index contributed by atoms with van der Waals surface area (Å²) in [5.41, 5.74) is 17.6. The van der Waals surface area contributed by atoms with Crippen LogP contribution in [0.1, 0.15) is 0 Å². The molecule has 0 aliphatic heterocycles. The van der Waals surface area contributed by atoms with Crippen LogP contribution in [0.3, 0.4) is 0 Å². The molecule has 2 heteroatoms. The van der Waals surface area contributed by atoms with Crippen molar-refractivity contribution in [3.8, 4) is 39.1 Å². The third-order valence-corrected chi connectivity index (χ3v) is 7.36. The summed E-state index contributed by atoms with van der Waals surface area (Å²) in [5.74, 6) is 0. The van der Waals surface area contributed by atoms with Crippen LogP contribution >= 0.6 is 0 Å². The number of anilines is 1. The zero-order chi connectivity index (χ0) is 25.5. The number of para-hydroxylation sites is 2. The molecule has 6 aromatic carbocycles. The molecule has 2 N–H and O–H groups in total. The van der Waals surface area contributed by atoms with Crippen LogP contribution in [0.15, 0.2) is 146 Å². The van der Waals surface area contributed by atoms with Crippen LogP contribution in [-0.4, -0.2) is 4.57 Å². The van der Waals surface area contributed by atoms with Crippen molar-refractivity contribution in [2.75, 3.05) is 5.73 Å². The number of rotatable bonds is 4. The number of fused-ring (bicyclic) bond motifs is 3. The average molecular weight is 487 g/mol. The third kappa shape index (κ3) is 3.75. The molecule has 0 spiro atoms. The quantitative estimate of drug-likeness (QED) is 0.247. The highest BCUT2D eigenvalue weighted by Gasteiger charge is 2.13. The minimum Gasteiger partial charge on any atom is -0.399 e. The number of benzene rings is 6. The van der Waals surface area contributed by atoms with Gasteiger partial charge in [-0.05, 0) is 69.8 Å². The summed E-state index contributed by atoms with van der Waals surface area (Å²) in [6.07, 6.45) is 0. The first-order valence-electron chi connectivity index (χ1n) is 12.9. The van der Waals surface area contributed by atoms with E-state index in [0.29, 0.717) is 0 Å². The molecule has 38 heavy (non-hydrogen) atoms. The monoisotopic (exact) mass is 486 g/mol. The Labute approximate surface area is 222 Å². The second kappa shape index (κ2) is 9.10. The Kier molecular flexibility index (Phi) is 5.30. The number of hydrogen-bond donors (Lipinski definition) is 1. The number of nitrogens with two attached hydrogens (primary N) is 1. The Morgan fingerprint density at radius 1 is 0.395 bits per heavy atom. The summed E-state index contributed by atoms with van der Waals surface area (Å²) in [5, 5.41) is 2.54. The lowest BCUT2D eigenvalue weighted by Crippen LogP contribution is -1.94. The van der Waals surface area contributed by atoms with Gasteiger partial charge in [0.15, 0.2) is 0 Å². The van der Waals surface area contributed by atoms with E-state index in [0.717, 1.165) is 22.5 Å². The molecule has 0 radical (unpaired) electrons. The second-order valence-electron chi connectivity index (χ2n) is 9.66. The molecular formula is C36H26N2. The molecule has 0 saturated heterocycles. The molecule has 2 nitrogen and oxygen atoms in total. The van der Waals surface area contributed by atoms with Crippen molar-refractivity contribution in [2.24, 2.45) is 0 Å². The Balaban J connectivity index is 1.30. The van der Waals surface area contributed by atoms with Gasteiger partial charge in [0.05, 0.1) is 11.0 Å². The minimum atomic E-state index is 0.760. The summed E-state index contributed by atoms with van der Waals surface area (Å²) >= 11 is 0. The first-order chi connectivity index (χ1) is 18.8. The van der Waals surface area contributed by atoms with Gasteiger partial charge in [-0.2, -0.15) is 0 Å². The van der Waals surface area contributed by atoms with E-state index in [1.807, 2.05) is 12.1 Å². The molecule has 7 rings (SSSR count). The van der Waals surface area contributed by atoms with E-state index in [4.69, 9.17) is 5.73 Å². The van der Waals surface area contributed by atoms with Crippen molar-refractivity contribution >= 4 is 27.5 Å². The van der Waals surface area contributed by atoms with Gasteiger partial charge in [0.25, 0.3) is 0 Å². The van der Waals surface area contributed by atoms with Crippen molar-refractivity contribution in [3.05, 3.63) is 146 Å². The minimum absolute atomic E-state index is 0.760. The molecule has 0 amide bonds. The molecule has 1 aromatic heterocycles. The van der Waals surface area contributed by atoms with Crippen LogP contribution in [0.2, 0.25) is 0 Å². The molecule has 0 aliphatic rings. The molecule has 0 atom stereocenters. The van der Waals surface area contributed by atoms with Gasteiger partial charge < -0.3 is 10.3 Å². The molecular weight excluding hydrogens is 460 g/mol. The lowest BCUT2D eigenvalue weighted by molar-refractivity contribution is 1.18. The molecule has 7 aromatic rings. The van der Waals surface area contributed by atoms with Crippen molar-refractivity contribution in [1.29, 1.82) is 0 Å². The lowest BCUT2D eigenvalue weighted by Gasteiger charge is -2.14. The van der Waals surface area contributed by atoms with Gasteiger partial charge in [0.2, 0.25) is 0 Å². The smallest absolute Gasteiger partial charge is 0.0541 e. The molecule has 0 bridgehead atoms. The van der Waals surface area contributed by atoms with Gasteiger partial charge in [0.1, 0.15) is 0 Å². The van der Waals surface area contributed by atoms with E-state index in [1.54, 1.807) is 0 Å². The van der Waals surface area contributed by atoms with E-state index in [2.05, 4.69) is 138 Å². The summed E-state index contributed by atoms with van der Waals surface area (Å²) in [6, 6.07) is 51.5. The first-order valence-corrected chi connectivity index (χ1v) is 12.9. The average Bonchev–Trinajstić information content (AvgIpc) is 3.32. The molecule has 1 heterocycles. The Bertz CT molecular complexity index is 1840. The van der Waals surface area contributed by atoms with Gasteiger partial charge >= 0.3 is 0 Å². The molecule has 180 valence electrons. The van der Waals surface area contributed by atoms with Crippen LogP contribution in [-0.2, 0) is 0 Å². The van der Waals surface area contributed by atoms with E-state index < -0.39 is 0 Å². The molecule has 0 aliphatic carbocycles. The highest BCUT2D eigenvalue weighted by Crippen LogP contribution is 2.36. The normalized spacial score (nSPS) is 11.3. The SMILES string of the molecule is Nc1ccc(-c2ccc(-c3ccccc3)cc2)c(-c2ccc(-n3c4ccccc4c4ccccc43)cc2)c1. The van der Waals surface area contributed by atoms with Crippen LogP contribution in [0.25, 0.3) is 60.9 Å². The predicted molar refractivity (Wildman–Crippen MR) is 162 cm³/mol. The fourth-order valence-corrected chi connectivity index (χ4v) is 5.52. The lowest BCUT2D eigenvalue weighted by atomic mass is 9.93. The maximum atomic E-state index is 6.27. The summed E-state index contributed by atoms with van der Waals surface area (Å²) in [6.45, 7) is 0. The van der Waals surface area contributed by atoms with Crippen LogP contribution < -0.4 is 5.73 Å². The molecule has 0 fully saturated rings. The van der Waals surface area contributed by atoms with Gasteiger partial charge in [-0.3, -0.25) is 0 Å². The first kappa shape index (κ1) is 22.1. The fourth-order valence-electron chi connectivity index (χ4n) is 5.52. The molecule has 0 saturated carbocycles. The predicted octanol–water partition coefficient (Wildman–Crippen LogP) is 9.37. The number of nitrogens with zero attached hydrogens (tertiary/aromatic N) is 1. The van der Waals surface area contributed by atoms with Crippen LogP contribution in [0.4, 0.5) is 5.69 Å². The van der Waals surface area contributed by atoms with Crippen molar-refractivity contribution in [2.45, 2.75) is 0 Å². The van der Waals surface area contributed by atoms with Gasteiger partial charge in [0, 0.05) is 22.1 Å². The summed E-state index contributed by atoms with van der Waals surface area (Å²) in [7, 11) is 0. The Morgan fingerprint density at radius 3 is 1.55 bits per heavy atom. The van der Waals surface area contributed by atoms with Crippen LogP contribution in [0.5, 0.6) is 0 Å². The van der Waals surface area contributed by atoms with E-state index >= 15 is 0 Å². The third-order valence-electron chi connectivity index (χ3n) is 7.36. The highest BCUT2D eigenvalue weighted by molar-refractivity contribution is 6.09. The van der Waals surface area contributed by atoms with Gasteiger partial charge in [-0.25, -0.2) is 0 Å². The number of hydrogen-bond acceptors (Lipinski definition) is 1. The van der Waals surface area contributed by atoms with Crippen molar-refractivity contribution < 1.29 is 0 Å². The Hall–Kier alpha value is -5.08. The Morgan fingerprint density at radius 2 is 0.895 bits per heavy atom. The molecule has 0 unspecified atom stereocenters. The standard InChI is InChI=1S/C36H26N2/c37-29-20-23-31(27-16-14-26(15-17-27)25-8-2-1-3-9-25)34(24-29)28-18-21-30(22-19-28)38-35-12-6-4-10-32(35)33-11-5-7-13-36(33)38/h1-24H,37H2. The number of nitrogen functional groups attached to an aromatic ring is 1. The maximum Gasteiger partial charge on any atom is 0.0541 e. The second-order valence-corrected chi connectivity index (χ2v) is 9.66. The zero-order valence-electron chi connectivity index (χ0n) is 20.9. The maximum absolute atomic E-state index is 6.27. The fraction of sp³-hybridized carbons (Fsp3) is 0. The largest absolute Gasteiger partial charge is 0.399 e. The van der Waals surface area contributed by atoms with Crippen molar-refractivity contribution in [1.82, 2.24) is 4.57 Å². The van der Waals surface area contributed by atoms with E-state index in [1.165, 1.54) is 44.1 Å². The van der Waals surface area contributed by atoms with Crippen LogP contribution in [0, 0.1) is 0 Å². The highest BCUT2D eigenvalue weighted by atomic mass is 15.0. The number of aromatic nitrogens is 1. The van der Waals surface area contributed by atoms with Crippen molar-refractivity contribution in [3.63, 3.8) is 0 Å². The zero-order valence-corrected chi connectivity index (χ0v) is 20.9.